The Labute approximate surface area is 129 Å². The van der Waals surface area contributed by atoms with Crippen LogP contribution in [0.1, 0.15) is 42.5 Å². The van der Waals surface area contributed by atoms with E-state index in [1.54, 1.807) is 12.3 Å². The second kappa shape index (κ2) is 6.56. The summed E-state index contributed by atoms with van der Waals surface area (Å²) in [6.45, 7) is 0. The fourth-order valence-corrected chi connectivity index (χ4v) is 2.94. The molecule has 0 saturated heterocycles. The number of hydrogen-bond donors (Lipinski definition) is 2. The van der Waals surface area contributed by atoms with E-state index in [1.807, 2.05) is 24.3 Å². The maximum Gasteiger partial charge on any atom is 0.271 e. The highest BCUT2D eigenvalue weighted by Crippen LogP contribution is 2.23. The number of carbonyl (C=O) groups is 2. The minimum absolute atomic E-state index is 0.0136. The van der Waals surface area contributed by atoms with E-state index in [1.165, 1.54) is 6.42 Å². The molecule has 1 aromatic heterocycles. The van der Waals surface area contributed by atoms with Crippen molar-refractivity contribution in [3.63, 3.8) is 0 Å². The molecule has 2 amide bonds. The Hall–Kier alpha value is -2.43. The first-order valence-electron chi connectivity index (χ1n) is 7.69. The lowest BCUT2D eigenvalue weighted by Crippen LogP contribution is -2.45. The Morgan fingerprint density at radius 3 is 2.59 bits per heavy atom. The van der Waals surface area contributed by atoms with E-state index in [4.69, 9.17) is 0 Å². The van der Waals surface area contributed by atoms with Crippen LogP contribution in [0.3, 0.4) is 0 Å². The number of pyridine rings is 1. The molecule has 0 unspecified atom stereocenters. The molecule has 0 spiro atoms. The molecular weight excluding hydrogens is 278 g/mol. The molecule has 0 atom stereocenters. The quantitative estimate of drug-likeness (QED) is 0.837. The van der Waals surface area contributed by atoms with Crippen LogP contribution in [-0.2, 0) is 4.79 Å². The van der Waals surface area contributed by atoms with Gasteiger partial charge in [-0.3, -0.25) is 25.4 Å². The van der Waals surface area contributed by atoms with Gasteiger partial charge in [0, 0.05) is 17.5 Å². The largest absolute Gasteiger partial charge is 0.273 e. The molecule has 22 heavy (non-hydrogen) atoms. The van der Waals surface area contributed by atoms with Gasteiger partial charge in [-0.05, 0) is 25.0 Å². The van der Waals surface area contributed by atoms with Gasteiger partial charge in [0.25, 0.3) is 5.91 Å². The van der Waals surface area contributed by atoms with E-state index in [9.17, 15) is 9.59 Å². The average molecular weight is 297 g/mol. The number of nitrogens with zero attached hydrogens (tertiary/aromatic N) is 1. The van der Waals surface area contributed by atoms with Crippen molar-refractivity contribution >= 4 is 22.7 Å². The van der Waals surface area contributed by atoms with Crippen LogP contribution >= 0.6 is 0 Å². The molecule has 0 bridgehead atoms. The number of carbonyl (C=O) groups excluding carboxylic acids is 2. The summed E-state index contributed by atoms with van der Waals surface area (Å²) in [5.41, 5.74) is 6.15. The molecule has 1 fully saturated rings. The number of hydrazine groups is 1. The van der Waals surface area contributed by atoms with Crippen molar-refractivity contribution in [1.82, 2.24) is 15.8 Å². The van der Waals surface area contributed by atoms with Gasteiger partial charge in [-0.2, -0.15) is 0 Å². The maximum atomic E-state index is 12.3. The summed E-state index contributed by atoms with van der Waals surface area (Å²) < 4.78 is 0. The van der Waals surface area contributed by atoms with Crippen LogP contribution in [-0.4, -0.2) is 16.8 Å². The zero-order chi connectivity index (χ0) is 15.4. The molecule has 5 heteroatoms. The number of aromatic nitrogens is 1. The van der Waals surface area contributed by atoms with E-state index in [0.29, 0.717) is 11.1 Å². The molecule has 1 aliphatic rings. The van der Waals surface area contributed by atoms with Crippen LogP contribution in [0.4, 0.5) is 0 Å². The van der Waals surface area contributed by atoms with Crippen molar-refractivity contribution in [2.75, 3.05) is 0 Å². The van der Waals surface area contributed by atoms with Gasteiger partial charge in [-0.15, -0.1) is 0 Å². The number of fused-ring (bicyclic) bond motifs is 1. The molecule has 5 nitrogen and oxygen atoms in total. The fraction of sp³-hybridized carbons (Fsp3) is 0.353. The number of nitrogens with one attached hydrogen (secondary N) is 2. The van der Waals surface area contributed by atoms with Crippen molar-refractivity contribution in [3.8, 4) is 0 Å². The molecule has 1 aliphatic carbocycles. The van der Waals surface area contributed by atoms with Gasteiger partial charge in [-0.25, -0.2) is 0 Å². The first-order chi connectivity index (χ1) is 10.8. The van der Waals surface area contributed by atoms with Crippen molar-refractivity contribution in [2.24, 2.45) is 5.92 Å². The number of benzene rings is 1. The molecular formula is C17H19N3O2. The van der Waals surface area contributed by atoms with Crippen molar-refractivity contribution in [2.45, 2.75) is 32.1 Å². The van der Waals surface area contributed by atoms with E-state index in [-0.39, 0.29) is 17.7 Å². The Morgan fingerprint density at radius 1 is 1.00 bits per heavy atom. The number of para-hydroxylation sites is 1. The molecule has 2 N–H and O–H groups in total. The van der Waals surface area contributed by atoms with Crippen LogP contribution in [0.15, 0.2) is 36.5 Å². The summed E-state index contributed by atoms with van der Waals surface area (Å²) in [6, 6.07) is 9.15. The summed E-state index contributed by atoms with van der Waals surface area (Å²) >= 11 is 0. The predicted octanol–water partition coefficient (Wildman–Crippen LogP) is 2.58. The minimum Gasteiger partial charge on any atom is -0.273 e. The third-order valence-corrected chi connectivity index (χ3v) is 4.15. The molecule has 0 radical (unpaired) electrons. The molecule has 114 valence electrons. The highest BCUT2D eigenvalue weighted by molar-refractivity contribution is 6.05. The second-order valence-electron chi connectivity index (χ2n) is 5.66. The van der Waals surface area contributed by atoms with Crippen molar-refractivity contribution in [1.29, 1.82) is 0 Å². The normalized spacial score (nSPS) is 15.5. The highest BCUT2D eigenvalue weighted by atomic mass is 16.2. The first kappa shape index (κ1) is 14.5. The van der Waals surface area contributed by atoms with Crippen molar-refractivity contribution < 1.29 is 9.59 Å². The molecule has 0 aliphatic heterocycles. The zero-order valence-corrected chi connectivity index (χ0v) is 12.3. The summed E-state index contributed by atoms with van der Waals surface area (Å²) in [4.78, 5) is 28.6. The predicted molar refractivity (Wildman–Crippen MR) is 83.9 cm³/mol. The number of hydrogen-bond acceptors (Lipinski definition) is 3. The lowest BCUT2D eigenvalue weighted by Gasteiger charge is -2.20. The van der Waals surface area contributed by atoms with E-state index < -0.39 is 0 Å². The van der Waals surface area contributed by atoms with Crippen LogP contribution in [0, 0.1) is 5.92 Å². The average Bonchev–Trinajstić information content (AvgIpc) is 2.59. The Bertz CT molecular complexity index is 688. The van der Waals surface area contributed by atoms with Gasteiger partial charge in [0.05, 0.1) is 11.1 Å². The molecule has 3 rings (SSSR count). The van der Waals surface area contributed by atoms with Gasteiger partial charge in [-0.1, -0.05) is 37.5 Å². The third-order valence-electron chi connectivity index (χ3n) is 4.15. The lowest BCUT2D eigenvalue weighted by molar-refractivity contribution is -0.126. The maximum absolute atomic E-state index is 12.3. The molecule has 1 saturated carbocycles. The van der Waals surface area contributed by atoms with Gasteiger partial charge in [0.2, 0.25) is 5.91 Å². The van der Waals surface area contributed by atoms with E-state index >= 15 is 0 Å². The molecule has 1 heterocycles. The van der Waals surface area contributed by atoms with E-state index in [2.05, 4.69) is 15.8 Å². The third kappa shape index (κ3) is 3.08. The fourth-order valence-electron chi connectivity index (χ4n) is 2.94. The standard InChI is InChI=1S/C17H19N3O2/c21-16(13-6-2-1-3-7-13)19-20-17(22)14-10-4-8-12-9-5-11-18-15(12)14/h4-5,8-11,13H,1-3,6-7H2,(H,19,21)(H,20,22). The van der Waals surface area contributed by atoms with Crippen LogP contribution in [0.25, 0.3) is 10.9 Å². The van der Waals surface area contributed by atoms with Gasteiger partial charge >= 0.3 is 0 Å². The summed E-state index contributed by atoms with van der Waals surface area (Å²) in [5, 5.41) is 0.897. The molecule has 2 aromatic rings. The lowest BCUT2D eigenvalue weighted by atomic mass is 9.89. The van der Waals surface area contributed by atoms with E-state index in [0.717, 1.165) is 31.1 Å². The monoisotopic (exact) mass is 297 g/mol. The zero-order valence-electron chi connectivity index (χ0n) is 12.3. The summed E-state index contributed by atoms with van der Waals surface area (Å²) in [7, 11) is 0. The topological polar surface area (TPSA) is 71.1 Å². The number of rotatable bonds is 2. The smallest absolute Gasteiger partial charge is 0.271 e. The summed E-state index contributed by atoms with van der Waals surface area (Å²) in [5.74, 6) is -0.422. The minimum atomic E-state index is -0.339. The first-order valence-corrected chi connectivity index (χ1v) is 7.69. The van der Waals surface area contributed by atoms with Gasteiger partial charge in [0.15, 0.2) is 0 Å². The van der Waals surface area contributed by atoms with Crippen LogP contribution in [0.2, 0.25) is 0 Å². The van der Waals surface area contributed by atoms with Crippen LogP contribution in [0.5, 0.6) is 0 Å². The Morgan fingerprint density at radius 2 is 1.77 bits per heavy atom. The van der Waals surface area contributed by atoms with Gasteiger partial charge in [0.1, 0.15) is 0 Å². The van der Waals surface area contributed by atoms with Crippen molar-refractivity contribution in [3.05, 3.63) is 42.1 Å². The Balaban J connectivity index is 1.67. The highest BCUT2D eigenvalue weighted by Gasteiger charge is 2.21. The van der Waals surface area contributed by atoms with Gasteiger partial charge < -0.3 is 0 Å². The Kier molecular flexibility index (Phi) is 4.32. The molecule has 1 aromatic carbocycles. The summed E-state index contributed by atoms with van der Waals surface area (Å²) in [6.07, 6.45) is 6.81. The second-order valence-corrected chi connectivity index (χ2v) is 5.66. The SMILES string of the molecule is O=C(NNC(=O)C1CCCCC1)c1cccc2cccnc12. The number of amides is 2. The van der Waals surface area contributed by atoms with Crippen LogP contribution < -0.4 is 10.9 Å².